The quantitative estimate of drug-likeness (QED) is 0.784. The van der Waals surface area contributed by atoms with Gasteiger partial charge in [-0.1, -0.05) is 0 Å². The first kappa shape index (κ1) is 15.1. The number of fused-ring (bicyclic) bond motifs is 1. The Hall–Kier alpha value is -2.28. The molecule has 1 aliphatic heterocycles. The van der Waals surface area contributed by atoms with Crippen LogP contribution in [0, 0.1) is 0 Å². The van der Waals surface area contributed by atoms with Crippen molar-refractivity contribution in [1.29, 1.82) is 0 Å². The molecule has 0 aliphatic carbocycles. The third kappa shape index (κ3) is 4.35. The minimum atomic E-state index is -0.293. The number of benzene rings is 1. The molecule has 1 aromatic rings. The normalized spacial score (nSPS) is 12.3. The van der Waals surface area contributed by atoms with Gasteiger partial charge in [0.1, 0.15) is 0 Å². The highest BCUT2D eigenvalue weighted by Gasteiger charge is 2.15. The van der Waals surface area contributed by atoms with Crippen LogP contribution in [0.5, 0.6) is 11.5 Å². The summed E-state index contributed by atoms with van der Waals surface area (Å²) in [7, 11) is 3.11. The maximum absolute atomic E-state index is 11.9. The molecule has 0 radical (unpaired) electrons. The van der Waals surface area contributed by atoms with Crippen LogP contribution in [0.4, 0.5) is 5.69 Å². The Labute approximate surface area is 122 Å². The number of hydrogen-bond acceptors (Lipinski definition) is 6. The molecular weight excluding hydrogens is 276 g/mol. The number of nitrogens with zero attached hydrogens (tertiary/aromatic N) is 1. The van der Waals surface area contributed by atoms with Crippen molar-refractivity contribution in [2.45, 2.75) is 6.42 Å². The predicted molar refractivity (Wildman–Crippen MR) is 75.3 cm³/mol. The molecule has 1 amide bonds. The second-order valence-corrected chi connectivity index (χ2v) is 4.68. The van der Waals surface area contributed by atoms with Crippen molar-refractivity contribution in [2.24, 2.45) is 0 Å². The molecule has 0 saturated carbocycles. The standard InChI is InChI=1S/C14H18N2O5/c1-16(6-5-14(18)19-2)8-13(17)15-10-3-4-11-12(7-10)21-9-20-11/h3-4,7H,5-6,8-9H2,1-2H3,(H,15,17). The van der Waals surface area contributed by atoms with Crippen molar-refractivity contribution in [1.82, 2.24) is 4.90 Å². The lowest BCUT2D eigenvalue weighted by Crippen LogP contribution is -2.31. The highest BCUT2D eigenvalue weighted by atomic mass is 16.7. The number of esters is 1. The molecule has 21 heavy (non-hydrogen) atoms. The fourth-order valence-corrected chi connectivity index (χ4v) is 1.88. The fourth-order valence-electron chi connectivity index (χ4n) is 1.88. The van der Waals surface area contributed by atoms with Gasteiger partial charge in [-0.15, -0.1) is 0 Å². The smallest absolute Gasteiger partial charge is 0.306 e. The molecule has 7 nitrogen and oxygen atoms in total. The average molecular weight is 294 g/mol. The van der Waals surface area contributed by atoms with Crippen LogP contribution >= 0.6 is 0 Å². The molecule has 1 aliphatic rings. The number of nitrogens with one attached hydrogen (secondary N) is 1. The van der Waals surface area contributed by atoms with E-state index in [1.54, 1.807) is 30.1 Å². The minimum absolute atomic E-state index is 0.166. The van der Waals surface area contributed by atoms with Gasteiger partial charge in [-0.25, -0.2) is 0 Å². The largest absolute Gasteiger partial charge is 0.469 e. The van der Waals surface area contributed by atoms with E-state index >= 15 is 0 Å². The van der Waals surface area contributed by atoms with E-state index in [4.69, 9.17) is 9.47 Å². The van der Waals surface area contributed by atoms with E-state index in [1.165, 1.54) is 7.11 Å². The Morgan fingerprint density at radius 2 is 2.10 bits per heavy atom. The Morgan fingerprint density at radius 3 is 2.86 bits per heavy atom. The van der Waals surface area contributed by atoms with Crippen LogP contribution in [0.15, 0.2) is 18.2 Å². The summed E-state index contributed by atoms with van der Waals surface area (Å²) in [4.78, 5) is 24.7. The maximum atomic E-state index is 11.9. The van der Waals surface area contributed by atoms with Gasteiger partial charge in [-0.05, 0) is 19.2 Å². The van der Waals surface area contributed by atoms with Gasteiger partial charge in [0.05, 0.1) is 20.1 Å². The van der Waals surface area contributed by atoms with Crippen LogP contribution in [-0.4, -0.2) is 50.8 Å². The first-order chi connectivity index (χ1) is 10.1. The lowest BCUT2D eigenvalue weighted by atomic mass is 10.2. The highest BCUT2D eigenvalue weighted by Crippen LogP contribution is 2.34. The molecule has 0 unspecified atom stereocenters. The second kappa shape index (κ2) is 6.94. The molecule has 0 saturated heterocycles. The SMILES string of the molecule is COC(=O)CCN(C)CC(=O)Nc1ccc2c(c1)OCO2. The van der Waals surface area contributed by atoms with Crippen molar-refractivity contribution < 1.29 is 23.8 Å². The van der Waals surface area contributed by atoms with E-state index in [0.717, 1.165) is 0 Å². The summed E-state index contributed by atoms with van der Waals surface area (Å²) in [6.45, 7) is 0.843. The van der Waals surface area contributed by atoms with E-state index in [2.05, 4.69) is 10.1 Å². The monoisotopic (exact) mass is 294 g/mol. The third-order valence-corrected chi connectivity index (χ3v) is 3.00. The van der Waals surface area contributed by atoms with Gasteiger partial charge in [-0.2, -0.15) is 0 Å². The summed E-state index contributed by atoms with van der Waals surface area (Å²) in [6, 6.07) is 5.22. The Kier molecular flexibility index (Phi) is 4.99. The molecule has 2 rings (SSSR count). The van der Waals surface area contributed by atoms with Crippen molar-refractivity contribution in [3.63, 3.8) is 0 Å². The number of amides is 1. The van der Waals surface area contributed by atoms with Crippen LogP contribution in [0.1, 0.15) is 6.42 Å². The van der Waals surface area contributed by atoms with Gasteiger partial charge < -0.3 is 19.5 Å². The number of carbonyl (C=O) groups is 2. The van der Waals surface area contributed by atoms with Gasteiger partial charge >= 0.3 is 5.97 Å². The molecule has 0 bridgehead atoms. The predicted octanol–water partition coefficient (Wildman–Crippen LogP) is 0.849. The average Bonchev–Trinajstić information content (AvgIpc) is 2.92. The third-order valence-electron chi connectivity index (χ3n) is 3.00. The Balaban J connectivity index is 1.80. The van der Waals surface area contributed by atoms with E-state index in [-0.39, 0.29) is 31.6 Å². The zero-order chi connectivity index (χ0) is 15.2. The molecule has 1 heterocycles. The fraction of sp³-hybridized carbons (Fsp3) is 0.429. The molecule has 0 spiro atoms. The number of hydrogen-bond donors (Lipinski definition) is 1. The highest BCUT2D eigenvalue weighted by molar-refractivity contribution is 5.92. The summed E-state index contributed by atoms with van der Waals surface area (Å²) in [5.74, 6) is 0.828. The maximum Gasteiger partial charge on any atom is 0.306 e. The van der Waals surface area contributed by atoms with E-state index in [1.807, 2.05) is 0 Å². The molecule has 7 heteroatoms. The van der Waals surface area contributed by atoms with Gasteiger partial charge in [0.2, 0.25) is 12.7 Å². The van der Waals surface area contributed by atoms with Gasteiger partial charge in [-0.3, -0.25) is 14.5 Å². The summed E-state index contributed by atoms with van der Waals surface area (Å²) in [5, 5.41) is 2.77. The number of rotatable bonds is 6. The Bertz CT molecular complexity index is 532. The van der Waals surface area contributed by atoms with E-state index in [0.29, 0.717) is 23.7 Å². The zero-order valence-corrected chi connectivity index (χ0v) is 12.0. The van der Waals surface area contributed by atoms with Crippen LogP contribution in [-0.2, 0) is 14.3 Å². The van der Waals surface area contributed by atoms with Crippen molar-refractivity contribution >= 4 is 17.6 Å². The molecule has 0 aromatic heterocycles. The molecule has 1 aromatic carbocycles. The summed E-state index contributed by atoms with van der Waals surface area (Å²) >= 11 is 0. The number of likely N-dealkylation sites (N-methyl/N-ethyl adjacent to an activating group) is 1. The minimum Gasteiger partial charge on any atom is -0.469 e. The first-order valence-electron chi connectivity index (χ1n) is 6.53. The summed E-state index contributed by atoms with van der Waals surface area (Å²) in [5.41, 5.74) is 0.644. The lowest BCUT2D eigenvalue weighted by Gasteiger charge is -2.15. The van der Waals surface area contributed by atoms with Gasteiger partial charge in [0.25, 0.3) is 0 Å². The molecular formula is C14H18N2O5. The van der Waals surface area contributed by atoms with E-state index < -0.39 is 0 Å². The van der Waals surface area contributed by atoms with Crippen molar-refractivity contribution in [3.8, 4) is 11.5 Å². The Morgan fingerprint density at radius 1 is 1.33 bits per heavy atom. The van der Waals surface area contributed by atoms with E-state index in [9.17, 15) is 9.59 Å². The second-order valence-electron chi connectivity index (χ2n) is 4.68. The van der Waals surface area contributed by atoms with Crippen LogP contribution in [0.3, 0.4) is 0 Å². The van der Waals surface area contributed by atoms with Crippen molar-refractivity contribution in [2.75, 3.05) is 39.4 Å². The molecule has 0 atom stereocenters. The van der Waals surface area contributed by atoms with Gasteiger partial charge in [0, 0.05) is 18.3 Å². The topological polar surface area (TPSA) is 77.1 Å². The first-order valence-corrected chi connectivity index (χ1v) is 6.53. The van der Waals surface area contributed by atoms with Crippen molar-refractivity contribution in [3.05, 3.63) is 18.2 Å². The van der Waals surface area contributed by atoms with Crippen LogP contribution in [0.2, 0.25) is 0 Å². The lowest BCUT2D eigenvalue weighted by molar-refractivity contribution is -0.141. The van der Waals surface area contributed by atoms with Crippen LogP contribution in [0.25, 0.3) is 0 Å². The van der Waals surface area contributed by atoms with Crippen LogP contribution < -0.4 is 14.8 Å². The molecule has 1 N–H and O–H groups in total. The number of anilines is 1. The van der Waals surface area contributed by atoms with Gasteiger partial charge in [0.15, 0.2) is 11.5 Å². The number of methoxy groups -OCH3 is 1. The molecule has 0 fully saturated rings. The molecule has 114 valence electrons. The zero-order valence-electron chi connectivity index (χ0n) is 12.0. The summed E-state index contributed by atoms with van der Waals surface area (Å²) in [6.07, 6.45) is 0.254. The number of carbonyl (C=O) groups excluding carboxylic acids is 2. The number of ether oxygens (including phenoxy) is 3. The summed E-state index contributed by atoms with van der Waals surface area (Å²) < 4.78 is 15.0.